The number of benzene rings is 2. The van der Waals surface area contributed by atoms with E-state index in [4.69, 9.17) is 0 Å². The molecule has 0 saturated carbocycles. The van der Waals surface area contributed by atoms with Crippen LogP contribution >= 0.6 is 0 Å². The molecule has 2 aromatic carbocycles. The van der Waals surface area contributed by atoms with Gasteiger partial charge in [-0.05, 0) is 36.8 Å². The zero-order valence-electron chi connectivity index (χ0n) is 18.6. The van der Waals surface area contributed by atoms with E-state index in [-0.39, 0.29) is 42.3 Å². The van der Waals surface area contributed by atoms with Gasteiger partial charge in [0.25, 0.3) is 5.91 Å². The number of nitrogens with one attached hydrogen (secondary N) is 2. The summed E-state index contributed by atoms with van der Waals surface area (Å²) in [5.74, 6) is -3.90. The van der Waals surface area contributed by atoms with E-state index in [0.29, 0.717) is 5.69 Å². The predicted molar refractivity (Wildman–Crippen MR) is 121 cm³/mol. The summed E-state index contributed by atoms with van der Waals surface area (Å²) in [7, 11) is -3.22. The number of nitrogens with zero attached hydrogens (tertiary/aromatic N) is 2. The van der Waals surface area contributed by atoms with Crippen molar-refractivity contribution in [3.05, 3.63) is 65.0 Å². The fourth-order valence-corrected chi connectivity index (χ4v) is 4.57. The van der Waals surface area contributed by atoms with E-state index in [1.807, 2.05) is 13.0 Å². The number of urea groups is 1. The molecule has 188 valence electrons. The number of anilines is 1. The van der Waals surface area contributed by atoms with Crippen molar-refractivity contribution in [3.8, 4) is 0 Å². The van der Waals surface area contributed by atoms with Gasteiger partial charge >= 0.3 is 18.4 Å². The highest BCUT2D eigenvalue weighted by atomic mass is 32.2. The molecule has 1 aliphatic rings. The maximum atomic E-state index is 14.9. The van der Waals surface area contributed by atoms with Crippen molar-refractivity contribution in [1.29, 1.82) is 0 Å². The normalized spacial score (nSPS) is 14.9. The van der Waals surface area contributed by atoms with E-state index in [1.54, 1.807) is 23.6 Å². The van der Waals surface area contributed by atoms with Crippen molar-refractivity contribution < 1.29 is 36.0 Å². The molecule has 1 fully saturated rings. The Labute approximate surface area is 199 Å². The first kappa shape index (κ1) is 26.0. The number of hydrogen-bond donors (Lipinski definition) is 2. The second-order valence-corrected chi connectivity index (χ2v) is 10.2. The van der Waals surface area contributed by atoms with Crippen LogP contribution in [0, 0.1) is 12.7 Å². The molecule has 9 nitrogen and oxygen atoms in total. The average Bonchev–Trinajstić information content (AvgIpc) is 2.81. The standard InChI is InChI=1S/C22H23F3N4O5S/c1-14-3-2-4-17(11-14)29(22(32)28-7-9-35(33,34)10-8-28)13-16-6-5-15(12-18(16)23)20(30)26-27-21(31)19(24)25/h2-6,11-12,19H,7-10,13H2,1H3,(H,26,30)(H,27,31). The summed E-state index contributed by atoms with van der Waals surface area (Å²) in [6.45, 7) is 1.62. The van der Waals surface area contributed by atoms with Crippen LogP contribution in [0.5, 0.6) is 0 Å². The maximum absolute atomic E-state index is 14.9. The van der Waals surface area contributed by atoms with Gasteiger partial charge in [0.2, 0.25) is 0 Å². The molecule has 3 rings (SSSR count). The number of halogens is 3. The fraction of sp³-hybridized carbons (Fsp3) is 0.318. The lowest BCUT2D eigenvalue weighted by atomic mass is 10.1. The Morgan fingerprint density at radius 3 is 2.34 bits per heavy atom. The lowest BCUT2D eigenvalue weighted by Gasteiger charge is -2.33. The molecule has 4 amide bonds. The number of hydrogen-bond acceptors (Lipinski definition) is 5. The van der Waals surface area contributed by atoms with Gasteiger partial charge in [0, 0.05) is 29.9 Å². The summed E-state index contributed by atoms with van der Waals surface area (Å²) in [4.78, 5) is 38.9. The molecule has 0 aliphatic carbocycles. The second kappa shape index (κ2) is 10.8. The van der Waals surface area contributed by atoms with Crippen molar-refractivity contribution >= 4 is 33.4 Å². The average molecular weight is 513 g/mol. The summed E-state index contributed by atoms with van der Waals surface area (Å²) in [5, 5.41) is 0. The molecule has 0 bridgehead atoms. The van der Waals surface area contributed by atoms with Gasteiger partial charge in [0.05, 0.1) is 18.1 Å². The van der Waals surface area contributed by atoms with Crippen LogP contribution in [0.2, 0.25) is 0 Å². The van der Waals surface area contributed by atoms with Gasteiger partial charge in [0.1, 0.15) is 5.82 Å². The van der Waals surface area contributed by atoms with Crippen LogP contribution in [0.3, 0.4) is 0 Å². The molecule has 0 atom stereocenters. The highest BCUT2D eigenvalue weighted by Crippen LogP contribution is 2.23. The molecule has 1 heterocycles. The van der Waals surface area contributed by atoms with Crippen LogP contribution in [0.4, 0.5) is 23.7 Å². The Morgan fingerprint density at radius 1 is 1.06 bits per heavy atom. The van der Waals surface area contributed by atoms with Gasteiger partial charge in [-0.1, -0.05) is 18.2 Å². The summed E-state index contributed by atoms with van der Waals surface area (Å²) >= 11 is 0. The predicted octanol–water partition coefficient (Wildman–Crippen LogP) is 2.02. The molecule has 1 aliphatic heterocycles. The molecule has 1 saturated heterocycles. The first-order valence-electron chi connectivity index (χ1n) is 10.5. The Bertz CT molecular complexity index is 1230. The Balaban J connectivity index is 1.81. The Kier molecular flexibility index (Phi) is 7.99. The highest BCUT2D eigenvalue weighted by molar-refractivity contribution is 7.91. The molecule has 0 aromatic heterocycles. The summed E-state index contributed by atoms with van der Waals surface area (Å²) in [6, 6.07) is 9.77. The molecule has 2 N–H and O–H groups in total. The summed E-state index contributed by atoms with van der Waals surface area (Å²) in [5.41, 5.74) is 4.41. The van der Waals surface area contributed by atoms with Gasteiger partial charge in [-0.3, -0.25) is 25.3 Å². The van der Waals surface area contributed by atoms with E-state index in [2.05, 4.69) is 0 Å². The molecular formula is C22H23F3N4O5S. The number of alkyl halides is 2. The van der Waals surface area contributed by atoms with Crippen LogP contribution in [0.15, 0.2) is 42.5 Å². The quantitative estimate of drug-likeness (QED) is 0.595. The monoisotopic (exact) mass is 512 g/mol. The van der Waals surface area contributed by atoms with Crippen LogP contribution in [-0.4, -0.2) is 62.2 Å². The molecular weight excluding hydrogens is 489 g/mol. The summed E-state index contributed by atoms with van der Waals surface area (Å²) in [6.07, 6.45) is -3.33. The van der Waals surface area contributed by atoms with Gasteiger partial charge in [0.15, 0.2) is 9.84 Å². The SMILES string of the molecule is Cc1cccc(N(Cc2ccc(C(=O)NNC(=O)C(F)F)cc2F)C(=O)N2CCS(=O)(=O)CC2)c1. The maximum Gasteiger partial charge on any atom is 0.324 e. The highest BCUT2D eigenvalue weighted by Gasteiger charge is 2.29. The second-order valence-electron chi connectivity index (χ2n) is 7.90. The van der Waals surface area contributed by atoms with Crippen molar-refractivity contribution in [3.63, 3.8) is 0 Å². The topological polar surface area (TPSA) is 116 Å². The number of sulfone groups is 1. The third kappa shape index (κ3) is 6.72. The third-order valence-electron chi connectivity index (χ3n) is 5.30. The van der Waals surface area contributed by atoms with Crippen LogP contribution in [-0.2, 0) is 21.2 Å². The van der Waals surface area contributed by atoms with Crippen molar-refractivity contribution in [2.45, 2.75) is 19.9 Å². The van der Waals surface area contributed by atoms with E-state index in [1.165, 1.54) is 27.4 Å². The molecule has 35 heavy (non-hydrogen) atoms. The zero-order valence-corrected chi connectivity index (χ0v) is 19.4. The van der Waals surface area contributed by atoms with Crippen LogP contribution in [0.1, 0.15) is 21.5 Å². The van der Waals surface area contributed by atoms with E-state index < -0.39 is 39.9 Å². The molecule has 2 aromatic rings. The molecule has 0 spiro atoms. The fourth-order valence-electron chi connectivity index (χ4n) is 3.37. The van der Waals surface area contributed by atoms with Crippen molar-refractivity contribution in [1.82, 2.24) is 15.8 Å². The number of carbonyl (C=O) groups is 3. The van der Waals surface area contributed by atoms with Gasteiger partial charge in [-0.15, -0.1) is 0 Å². The van der Waals surface area contributed by atoms with Crippen LogP contribution < -0.4 is 15.8 Å². The van der Waals surface area contributed by atoms with E-state index in [9.17, 15) is 36.0 Å². The summed E-state index contributed by atoms with van der Waals surface area (Å²) < 4.78 is 62.8. The van der Waals surface area contributed by atoms with Gasteiger partial charge in [-0.25, -0.2) is 17.6 Å². The Hall–Kier alpha value is -3.61. The number of carbonyl (C=O) groups excluding carboxylic acids is 3. The first-order valence-corrected chi connectivity index (χ1v) is 12.3. The smallest absolute Gasteiger partial charge is 0.322 e. The lowest BCUT2D eigenvalue weighted by molar-refractivity contribution is -0.132. The molecule has 13 heteroatoms. The minimum Gasteiger partial charge on any atom is -0.322 e. The largest absolute Gasteiger partial charge is 0.324 e. The minimum absolute atomic E-state index is 0.00934. The Morgan fingerprint density at radius 2 is 1.74 bits per heavy atom. The number of hydrazine groups is 1. The van der Waals surface area contributed by atoms with E-state index >= 15 is 0 Å². The zero-order chi connectivity index (χ0) is 25.8. The molecule has 0 unspecified atom stereocenters. The van der Waals surface area contributed by atoms with Crippen molar-refractivity contribution in [2.75, 3.05) is 29.5 Å². The number of aryl methyl sites for hydroxylation is 1. The lowest BCUT2D eigenvalue weighted by Crippen LogP contribution is -2.49. The molecule has 0 radical (unpaired) electrons. The van der Waals surface area contributed by atoms with Gasteiger partial charge in [-0.2, -0.15) is 8.78 Å². The van der Waals surface area contributed by atoms with Crippen molar-refractivity contribution in [2.24, 2.45) is 0 Å². The number of amides is 4. The van der Waals surface area contributed by atoms with E-state index in [0.717, 1.165) is 11.6 Å². The first-order chi connectivity index (χ1) is 16.5. The van der Waals surface area contributed by atoms with Gasteiger partial charge < -0.3 is 4.90 Å². The third-order valence-corrected chi connectivity index (χ3v) is 6.91. The minimum atomic E-state index is -3.33. The number of rotatable bonds is 5. The van der Waals surface area contributed by atoms with Crippen LogP contribution in [0.25, 0.3) is 0 Å².